The van der Waals surface area contributed by atoms with Gasteiger partial charge in [-0.3, -0.25) is 4.57 Å². The van der Waals surface area contributed by atoms with Gasteiger partial charge in [-0.25, -0.2) is 15.0 Å². The van der Waals surface area contributed by atoms with Gasteiger partial charge in [0.05, 0.1) is 18.5 Å². The number of ether oxygens (including phenoxy) is 2. The zero-order chi connectivity index (χ0) is 17.9. The Bertz CT molecular complexity index is 819. The Hall–Kier alpha value is -1.81. The molecule has 1 aliphatic heterocycles. The van der Waals surface area contributed by atoms with Gasteiger partial charge in [0.25, 0.3) is 0 Å². The average molecular weight is 361 g/mol. The predicted octanol–water partition coefficient (Wildman–Crippen LogP) is 0.377. The van der Waals surface area contributed by atoms with Crippen molar-refractivity contribution < 1.29 is 19.7 Å². The number of hydrogen-bond donors (Lipinski definition) is 3. The third-order valence-corrected chi connectivity index (χ3v) is 6.23. The van der Waals surface area contributed by atoms with Crippen LogP contribution >= 0.6 is 0 Å². The highest BCUT2D eigenvalue weighted by atomic mass is 16.6. The number of anilines is 1. The Morgan fingerprint density at radius 2 is 2.04 bits per heavy atom. The lowest BCUT2D eigenvalue weighted by Gasteiger charge is -2.29. The Labute approximate surface area is 150 Å². The first kappa shape index (κ1) is 16.4. The number of rotatable bonds is 4. The number of aliphatic hydroxyl groups is 2. The standard InChI is InChI=1S/C17H23N5O4/c18-14-11-15(20-7-19-14)22(8-21-11)16-13(24)12(23)10(26-16)6-25-17-3-1-9(5-17)2-4-17/h7-10,12-13,16,23-24H,1-6H2,(H2,18,19,20)/t9?,10-,12-,13-,16-,17?/m1/s1. The Balaban J connectivity index is 1.34. The maximum Gasteiger partial charge on any atom is 0.167 e. The summed E-state index contributed by atoms with van der Waals surface area (Å²) in [5.41, 5.74) is 6.66. The van der Waals surface area contributed by atoms with E-state index in [9.17, 15) is 10.2 Å². The molecule has 2 bridgehead atoms. The minimum absolute atomic E-state index is 0.0554. The van der Waals surface area contributed by atoms with Crippen LogP contribution in [-0.2, 0) is 9.47 Å². The van der Waals surface area contributed by atoms with Gasteiger partial charge in [0.1, 0.15) is 30.2 Å². The maximum atomic E-state index is 10.5. The van der Waals surface area contributed by atoms with Gasteiger partial charge in [0.15, 0.2) is 17.7 Å². The summed E-state index contributed by atoms with van der Waals surface area (Å²) in [6, 6.07) is 0. The van der Waals surface area contributed by atoms with E-state index >= 15 is 0 Å². The fourth-order valence-corrected chi connectivity index (χ4v) is 4.75. The second kappa shape index (κ2) is 5.85. The zero-order valence-electron chi connectivity index (χ0n) is 14.4. The molecule has 2 aliphatic carbocycles. The van der Waals surface area contributed by atoms with Crippen molar-refractivity contribution in [3.63, 3.8) is 0 Å². The fraction of sp³-hybridized carbons (Fsp3) is 0.706. The molecule has 3 aliphatic rings. The molecular weight excluding hydrogens is 338 g/mol. The van der Waals surface area contributed by atoms with Crippen LogP contribution in [-0.4, -0.2) is 60.3 Å². The van der Waals surface area contributed by atoms with Crippen LogP contribution in [0.1, 0.15) is 38.3 Å². The number of aromatic nitrogens is 4. The minimum atomic E-state index is -1.10. The molecule has 4 N–H and O–H groups in total. The molecule has 9 heteroatoms. The fourth-order valence-electron chi connectivity index (χ4n) is 4.75. The SMILES string of the molecule is Nc1ncnc2c1ncn2[C@@H]1O[C@H](COC23CCC(CC2)C3)[C@@H](O)[C@H]1O. The van der Waals surface area contributed by atoms with Crippen LogP contribution < -0.4 is 5.73 Å². The quantitative estimate of drug-likeness (QED) is 0.713. The van der Waals surface area contributed by atoms with Crippen molar-refractivity contribution in [2.75, 3.05) is 12.3 Å². The van der Waals surface area contributed by atoms with Crippen molar-refractivity contribution in [1.82, 2.24) is 19.5 Å². The molecular formula is C17H23N5O4. The molecule has 140 valence electrons. The van der Waals surface area contributed by atoms with E-state index in [4.69, 9.17) is 15.2 Å². The third-order valence-electron chi connectivity index (χ3n) is 6.23. The zero-order valence-corrected chi connectivity index (χ0v) is 14.4. The summed E-state index contributed by atoms with van der Waals surface area (Å²) in [6.07, 6.45) is 5.01. The second-order valence-corrected chi connectivity index (χ2v) is 7.77. The summed E-state index contributed by atoms with van der Waals surface area (Å²) in [5, 5.41) is 20.9. The molecule has 0 amide bonds. The summed E-state index contributed by atoms with van der Waals surface area (Å²) < 4.78 is 13.7. The van der Waals surface area contributed by atoms with Crippen LogP contribution in [0.3, 0.4) is 0 Å². The lowest BCUT2D eigenvalue weighted by atomic mass is 9.97. The van der Waals surface area contributed by atoms with Crippen molar-refractivity contribution in [2.24, 2.45) is 5.92 Å². The highest BCUT2D eigenvalue weighted by molar-refractivity contribution is 5.81. The molecule has 3 heterocycles. The van der Waals surface area contributed by atoms with Crippen molar-refractivity contribution in [3.05, 3.63) is 12.7 Å². The van der Waals surface area contributed by atoms with Crippen molar-refractivity contribution in [2.45, 2.75) is 62.2 Å². The van der Waals surface area contributed by atoms with E-state index < -0.39 is 24.5 Å². The number of aliphatic hydroxyl groups excluding tert-OH is 2. The van der Waals surface area contributed by atoms with Crippen LogP contribution in [0.15, 0.2) is 12.7 Å². The topological polar surface area (TPSA) is 129 Å². The van der Waals surface area contributed by atoms with E-state index in [0.717, 1.165) is 25.2 Å². The lowest BCUT2D eigenvalue weighted by Crippen LogP contribution is -2.37. The van der Waals surface area contributed by atoms with E-state index in [2.05, 4.69) is 15.0 Å². The third kappa shape index (κ3) is 2.42. The normalized spacial score (nSPS) is 39.2. The number of hydrogen-bond acceptors (Lipinski definition) is 8. The smallest absolute Gasteiger partial charge is 0.167 e. The molecule has 0 radical (unpaired) electrons. The summed E-state index contributed by atoms with van der Waals surface area (Å²) in [4.78, 5) is 12.3. The molecule has 0 unspecified atom stereocenters. The number of nitrogens with zero attached hydrogens (tertiary/aromatic N) is 4. The van der Waals surface area contributed by atoms with Gasteiger partial charge in [0, 0.05) is 0 Å². The molecule has 2 aromatic rings. The molecule has 0 aromatic carbocycles. The van der Waals surface area contributed by atoms with Gasteiger partial charge in [-0.05, 0) is 38.0 Å². The van der Waals surface area contributed by atoms with Crippen molar-refractivity contribution in [3.8, 4) is 0 Å². The highest BCUT2D eigenvalue weighted by Gasteiger charge is 2.49. The monoisotopic (exact) mass is 361 g/mol. The molecule has 3 fully saturated rings. The first-order chi connectivity index (χ1) is 12.6. The van der Waals surface area contributed by atoms with E-state index in [1.165, 1.54) is 25.5 Å². The predicted molar refractivity (Wildman–Crippen MR) is 90.9 cm³/mol. The number of fused-ring (bicyclic) bond motifs is 3. The van der Waals surface area contributed by atoms with E-state index in [1.54, 1.807) is 4.57 Å². The highest BCUT2D eigenvalue weighted by Crippen LogP contribution is 2.50. The minimum Gasteiger partial charge on any atom is -0.387 e. The van der Waals surface area contributed by atoms with Crippen molar-refractivity contribution >= 4 is 17.0 Å². The number of nitrogens with two attached hydrogens (primary N) is 1. The first-order valence-corrected chi connectivity index (χ1v) is 9.15. The molecule has 5 rings (SSSR count). The van der Waals surface area contributed by atoms with Gasteiger partial charge in [0.2, 0.25) is 0 Å². The van der Waals surface area contributed by atoms with Crippen molar-refractivity contribution in [1.29, 1.82) is 0 Å². The molecule has 1 saturated heterocycles. The van der Waals surface area contributed by atoms with E-state index in [1.807, 2.05) is 0 Å². The second-order valence-electron chi connectivity index (χ2n) is 7.77. The summed E-state index contributed by atoms with van der Waals surface area (Å²) in [6.45, 7) is 0.269. The van der Waals surface area contributed by atoms with Crippen LogP contribution in [0.5, 0.6) is 0 Å². The largest absolute Gasteiger partial charge is 0.387 e. The number of imidazole rings is 1. The summed E-state index contributed by atoms with van der Waals surface area (Å²) >= 11 is 0. The summed E-state index contributed by atoms with van der Waals surface area (Å²) in [7, 11) is 0. The van der Waals surface area contributed by atoms with Gasteiger partial charge in [-0.1, -0.05) is 0 Å². The van der Waals surface area contributed by atoms with Crippen LogP contribution in [0.2, 0.25) is 0 Å². The number of nitrogen functional groups attached to an aromatic ring is 1. The van der Waals surface area contributed by atoms with E-state index in [-0.39, 0.29) is 18.0 Å². The first-order valence-electron chi connectivity index (χ1n) is 9.15. The maximum absolute atomic E-state index is 10.5. The van der Waals surface area contributed by atoms with Gasteiger partial charge in [-0.15, -0.1) is 0 Å². The molecule has 0 spiro atoms. The van der Waals surface area contributed by atoms with Crippen LogP contribution in [0.4, 0.5) is 5.82 Å². The molecule has 26 heavy (non-hydrogen) atoms. The van der Waals surface area contributed by atoms with E-state index in [0.29, 0.717) is 11.2 Å². The molecule has 2 aromatic heterocycles. The van der Waals surface area contributed by atoms with Gasteiger partial charge >= 0.3 is 0 Å². The Morgan fingerprint density at radius 3 is 2.77 bits per heavy atom. The lowest BCUT2D eigenvalue weighted by molar-refractivity contribution is -0.113. The van der Waals surface area contributed by atoms with Gasteiger partial charge in [-0.2, -0.15) is 0 Å². The molecule has 9 nitrogen and oxygen atoms in total. The average Bonchev–Trinajstić information content (AvgIpc) is 3.39. The summed E-state index contributed by atoms with van der Waals surface area (Å²) in [5.74, 6) is 1.04. The van der Waals surface area contributed by atoms with Crippen LogP contribution in [0.25, 0.3) is 11.2 Å². The van der Waals surface area contributed by atoms with Gasteiger partial charge < -0.3 is 25.4 Å². The Kier molecular flexibility index (Phi) is 3.68. The van der Waals surface area contributed by atoms with Crippen LogP contribution in [0, 0.1) is 5.92 Å². The molecule has 4 atom stereocenters. The molecule has 2 saturated carbocycles. The Morgan fingerprint density at radius 1 is 1.23 bits per heavy atom.